The average Bonchev–Trinajstić information content (AvgIpc) is 3.00. The summed E-state index contributed by atoms with van der Waals surface area (Å²) in [7, 11) is 1.74. The van der Waals surface area contributed by atoms with E-state index in [-0.39, 0.29) is 17.8 Å². The molecule has 122 valence electrons. The molecule has 2 heterocycles. The van der Waals surface area contributed by atoms with Crippen LogP contribution in [0.4, 0.5) is 0 Å². The lowest BCUT2D eigenvalue weighted by Crippen LogP contribution is -2.49. The molecule has 0 aromatic heterocycles. The standard InChI is InChI=1S/C16H28N2O2.ClH/c1-20-11-9-16(7-2-3-8-16)15(19)18-13-4-5-14(18)12-17-10-6-13;/h13-14,17H,2-12H2,1H3;1H. The second-order valence-electron chi connectivity index (χ2n) is 6.82. The van der Waals surface area contributed by atoms with Gasteiger partial charge in [-0.2, -0.15) is 0 Å². The van der Waals surface area contributed by atoms with Gasteiger partial charge in [0.05, 0.1) is 5.41 Å². The van der Waals surface area contributed by atoms with Gasteiger partial charge in [0.25, 0.3) is 0 Å². The lowest BCUT2D eigenvalue weighted by molar-refractivity contribution is -0.146. The first-order valence-electron chi connectivity index (χ1n) is 8.29. The number of carbonyl (C=O) groups excluding carboxylic acids is 1. The zero-order valence-corrected chi connectivity index (χ0v) is 13.9. The summed E-state index contributed by atoms with van der Waals surface area (Å²) in [6, 6.07) is 0.928. The maximum absolute atomic E-state index is 13.3. The molecule has 0 aromatic rings. The summed E-state index contributed by atoms with van der Waals surface area (Å²) in [5, 5.41) is 3.49. The highest BCUT2D eigenvalue weighted by Gasteiger charge is 2.48. The van der Waals surface area contributed by atoms with E-state index in [1.54, 1.807) is 7.11 Å². The van der Waals surface area contributed by atoms with Gasteiger partial charge in [0, 0.05) is 32.3 Å². The number of fused-ring (bicyclic) bond motifs is 2. The Hall–Kier alpha value is -0.320. The minimum Gasteiger partial charge on any atom is -0.385 e. The monoisotopic (exact) mass is 316 g/mol. The number of methoxy groups -OCH3 is 1. The molecular weight excluding hydrogens is 288 g/mol. The zero-order chi connectivity index (χ0) is 14.0. The number of halogens is 1. The lowest BCUT2D eigenvalue weighted by Gasteiger charge is -2.37. The van der Waals surface area contributed by atoms with Crippen molar-refractivity contribution in [1.29, 1.82) is 0 Å². The highest BCUT2D eigenvalue weighted by molar-refractivity contribution is 5.85. The van der Waals surface area contributed by atoms with Gasteiger partial charge in [0.2, 0.25) is 5.91 Å². The van der Waals surface area contributed by atoms with Crippen LogP contribution in [0.25, 0.3) is 0 Å². The van der Waals surface area contributed by atoms with Crippen LogP contribution in [0.5, 0.6) is 0 Å². The van der Waals surface area contributed by atoms with Crippen LogP contribution in [0, 0.1) is 5.41 Å². The van der Waals surface area contributed by atoms with Crippen LogP contribution in [-0.4, -0.2) is 49.7 Å². The van der Waals surface area contributed by atoms with E-state index in [1.165, 1.54) is 25.7 Å². The summed E-state index contributed by atoms with van der Waals surface area (Å²) in [5.74, 6) is 0.447. The average molecular weight is 317 g/mol. The van der Waals surface area contributed by atoms with E-state index in [9.17, 15) is 4.79 Å². The molecule has 2 atom stereocenters. The van der Waals surface area contributed by atoms with E-state index >= 15 is 0 Å². The molecule has 0 aromatic carbocycles. The van der Waals surface area contributed by atoms with Gasteiger partial charge in [-0.25, -0.2) is 0 Å². The summed E-state index contributed by atoms with van der Waals surface area (Å²) in [4.78, 5) is 15.6. The molecule has 2 unspecified atom stereocenters. The second kappa shape index (κ2) is 7.30. The van der Waals surface area contributed by atoms with Crippen molar-refractivity contribution < 1.29 is 9.53 Å². The van der Waals surface area contributed by atoms with Crippen molar-refractivity contribution in [2.45, 2.75) is 63.5 Å². The summed E-state index contributed by atoms with van der Waals surface area (Å²) in [6.45, 7) is 2.77. The van der Waals surface area contributed by atoms with Crippen LogP contribution in [0.15, 0.2) is 0 Å². The van der Waals surface area contributed by atoms with E-state index < -0.39 is 0 Å². The first-order chi connectivity index (χ1) is 9.77. The van der Waals surface area contributed by atoms with E-state index in [0.29, 0.717) is 24.6 Å². The van der Waals surface area contributed by atoms with Crippen molar-refractivity contribution in [3.63, 3.8) is 0 Å². The quantitative estimate of drug-likeness (QED) is 0.865. The van der Waals surface area contributed by atoms with Crippen molar-refractivity contribution >= 4 is 18.3 Å². The number of amides is 1. The molecule has 2 bridgehead atoms. The Morgan fingerprint density at radius 1 is 1.24 bits per heavy atom. The maximum Gasteiger partial charge on any atom is 0.229 e. The van der Waals surface area contributed by atoms with Gasteiger partial charge in [-0.1, -0.05) is 12.8 Å². The predicted molar refractivity (Wildman–Crippen MR) is 85.8 cm³/mol. The molecule has 1 saturated carbocycles. The minimum absolute atomic E-state index is 0. The molecule has 1 N–H and O–H groups in total. The van der Waals surface area contributed by atoms with Crippen LogP contribution >= 0.6 is 12.4 Å². The van der Waals surface area contributed by atoms with Gasteiger partial charge in [-0.3, -0.25) is 4.79 Å². The topological polar surface area (TPSA) is 41.6 Å². The van der Waals surface area contributed by atoms with Crippen molar-refractivity contribution in [3.05, 3.63) is 0 Å². The van der Waals surface area contributed by atoms with E-state index in [4.69, 9.17) is 4.74 Å². The second-order valence-corrected chi connectivity index (χ2v) is 6.82. The highest BCUT2D eigenvalue weighted by atomic mass is 35.5. The fourth-order valence-corrected chi connectivity index (χ4v) is 4.51. The van der Waals surface area contributed by atoms with Crippen LogP contribution in [0.1, 0.15) is 51.4 Å². The number of nitrogens with zero attached hydrogens (tertiary/aromatic N) is 1. The van der Waals surface area contributed by atoms with Crippen molar-refractivity contribution in [3.8, 4) is 0 Å². The molecule has 1 amide bonds. The molecule has 0 spiro atoms. The summed E-state index contributed by atoms with van der Waals surface area (Å²) < 4.78 is 5.28. The Morgan fingerprint density at radius 2 is 1.95 bits per heavy atom. The van der Waals surface area contributed by atoms with Gasteiger partial charge < -0.3 is 15.0 Å². The SMILES string of the molecule is COCCC1(C(=O)N2C3CCNCC2CC3)CCCC1.Cl. The third-order valence-corrected chi connectivity index (χ3v) is 5.69. The normalized spacial score (nSPS) is 30.8. The Labute approximate surface area is 134 Å². The smallest absolute Gasteiger partial charge is 0.229 e. The lowest BCUT2D eigenvalue weighted by atomic mass is 9.81. The van der Waals surface area contributed by atoms with Gasteiger partial charge in [0.1, 0.15) is 0 Å². The third-order valence-electron chi connectivity index (χ3n) is 5.69. The molecule has 2 aliphatic heterocycles. The molecular formula is C16H29ClN2O2. The first-order valence-corrected chi connectivity index (χ1v) is 8.29. The number of hydrogen-bond donors (Lipinski definition) is 1. The molecule has 1 aliphatic carbocycles. The van der Waals surface area contributed by atoms with E-state index in [2.05, 4.69) is 10.2 Å². The molecule has 21 heavy (non-hydrogen) atoms. The van der Waals surface area contributed by atoms with Crippen molar-refractivity contribution in [1.82, 2.24) is 10.2 Å². The molecule has 3 fully saturated rings. The molecule has 5 heteroatoms. The van der Waals surface area contributed by atoms with Crippen molar-refractivity contribution in [2.75, 3.05) is 26.8 Å². The van der Waals surface area contributed by atoms with Gasteiger partial charge >= 0.3 is 0 Å². The van der Waals surface area contributed by atoms with Crippen molar-refractivity contribution in [2.24, 2.45) is 5.41 Å². The third kappa shape index (κ3) is 3.22. The molecule has 0 radical (unpaired) electrons. The van der Waals surface area contributed by atoms with Crippen LogP contribution in [-0.2, 0) is 9.53 Å². The number of rotatable bonds is 4. The first kappa shape index (κ1) is 17.0. The fraction of sp³-hybridized carbons (Fsp3) is 0.938. The molecule has 3 aliphatic rings. The van der Waals surface area contributed by atoms with E-state index in [1.807, 2.05) is 0 Å². The summed E-state index contributed by atoms with van der Waals surface area (Å²) in [6.07, 6.45) is 8.97. The zero-order valence-electron chi connectivity index (χ0n) is 13.1. The van der Waals surface area contributed by atoms with E-state index in [0.717, 1.165) is 38.8 Å². The summed E-state index contributed by atoms with van der Waals surface area (Å²) in [5.41, 5.74) is -0.110. The Balaban J connectivity index is 0.00000161. The number of hydrogen-bond acceptors (Lipinski definition) is 3. The molecule has 2 saturated heterocycles. The minimum atomic E-state index is -0.110. The Morgan fingerprint density at radius 3 is 2.67 bits per heavy atom. The fourth-order valence-electron chi connectivity index (χ4n) is 4.51. The van der Waals surface area contributed by atoms with Crippen LogP contribution < -0.4 is 5.32 Å². The van der Waals surface area contributed by atoms with Crippen LogP contribution in [0.3, 0.4) is 0 Å². The highest BCUT2D eigenvalue weighted by Crippen LogP contribution is 2.45. The molecule has 3 rings (SSSR count). The maximum atomic E-state index is 13.3. The number of ether oxygens (including phenoxy) is 1. The number of carbonyl (C=O) groups is 1. The summed E-state index contributed by atoms with van der Waals surface area (Å²) >= 11 is 0. The van der Waals surface area contributed by atoms with Gasteiger partial charge in [-0.05, 0) is 45.1 Å². The predicted octanol–water partition coefficient (Wildman–Crippen LogP) is 2.36. The van der Waals surface area contributed by atoms with Crippen LogP contribution in [0.2, 0.25) is 0 Å². The largest absolute Gasteiger partial charge is 0.385 e. The number of nitrogens with one attached hydrogen (secondary N) is 1. The Bertz CT molecular complexity index is 344. The molecule has 4 nitrogen and oxygen atoms in total. The van der Waals surface area contributed by atoms with Gasteiger partial charge in [-0.15, -0.1) is 12.4 Å². The Kier molecular flexibility index (Phi) is 5.92. The van der Waals surface area contributed by atoms with Gasteiger partial charge in [0.15, 0.2) is 0 Å².